The molecule has 0 saturated heterocycles. The standard InChI is InChI=1S/C19H27NO5S/c1-4-26(23,24)17-11-6-5-9-15(17)19(22)25-12-18(21)20-16-10-7-8-13(2)14(16)3/h5-6,9,11,13-14,16H,4,7-8,10,12H2,1-3H3,(H,20,21)/t13-,14-,16+/m0/s1. The van der Waals surface area contributed by atoms with Crippen LogP contribution in [0, 0.1) is 11.8 Å². The largest absolute Gasteiger partial charge is 0.452 e. The quantitative estimate of drug-likeness (QED) is 0.765. The molecule has 1 aliphatic carbocycles. The fraction of sp³-hybridized carbons (Fsp3) is 0.579. The molecule has 26 heavy (non-hydrogen) atoms. The molecule has 1 aliphatic rings. The number of carbonyl (C=O) groups is 2. The molecule has 0 aliphatic heterocycles. The van der Waals surface area contributed by atoms with Gasteiger partial charge in [-0.3, -0.25) is 4.79 Å². The van der Waals surface area contributed by atoms with Crippen LogP contribution in [-0.2, 0) is 19.4 Å². The Morgan fingerprint density at radius 2 is 1.88 bits per heavy atom. The third-order valence-electron chi connectivity index (χ3n) is 5.21. The molecule has 0 radical (unpaired) electrons. The van der Waals surface area contributed by atoms with Crippen LogP contribution in [0.3, 0.4) is 0 Å². The third kappa shape index (κ3) is 4.84. The highest BCUT2D eigenvalue weighted by atomic mass is 32.2. The Bertz CT molecular complexity index is 759. The molecular formula is C19H27NO5S. The van der Waals surface area contributed by atoms with Crippen molar-refractivity contribution in [3.8, 4) is 0 Å². The molecule has 2 rings (SSSR count). The minimum atomic E-state index is -3.55. The van der Waals surface area contributed by atoms with E-state index in [1.54, 1.807) is 12.1 Å². The summed E-state index contributed by atoms with van der Waals surface area (Å²) in [6.45, 7) is 5.38. The van der Waals surface area contributed by atoms with Crippen molar-refractivity contribution in [1.29, 1.82) is 0 Å². The highest BCUT2D eigenvalue weighted by molar-refractivity contribution is 7.91. The summed E-state index contributed by atoms with van der Waals surface area (Å²) in [5.41, 5.74) is -0.0400. The number of hydrogen-bond donors (Lipinski definition) is 1. The molecule has 1 saturated carbocycles. The number of ether oxygens (including phenoxy) is 1. The zero-order chi connectivity index (χ0) is 19.3. The molecule has 144 valence electrons. The lowest BCUT2D eigenvalue weighted by Gasteiger charge is -2.34. The summed E-state index contributed by atoms with van der Waals surface area (Å²) in [7, 11) is -3.55. The van der Waals surface area contributed by atoms with Crippen molar-refractivity contribution in [1.82, 2.24) is 5.32 Å². The van der Waals surface area contributed by atoms with Crippen molar-refractivity contribution in [2.45, 2.75) is 51.0 Å². The van der Waals surface area contributed by atoms with Crippen molar-refractivity contribution in [2.24, 2.45) is 11.8 Å². The van der Waals surface area contributed by atoms with Gasteiger partial charge in [-0.15, -0.1) is 0 Å². The van der Waals surface area contributed by atoms with Gasteiger partial charge in [0.1, 0.15) is 0 Å². The second kappa shape index (κ2) is 8.66. The van der Waals surface area contributed by atoms with Crippen LogP contribution in [0.15, 0.2) is 29.2 Å². The number of esters is 1. The maximum atomic E-state index is 12.3. The van der Waals surface area contributed by atoms with E-state index in [1.807, 2.05) is 0 Å². The Morgan fingerprint density at radius 3 is 2.58 bits per heavy atom. The Kier molecular flexibility index (Phi) is 6.81. The second-order valence-electron chi connectivity index (χ2n) is 6.92. The van der Waals surface area contributed by atoms with Crippen LogP contribution in [0.5, 0.6) is 0 Å². The highest BCUT2D eigenvalue weighted by Gasteiger charge is 2.28. The van der Waals surface area contributed by atoms with Gasteiger partial charge in [0.25, 0.3) is 5.91 Å². The lowest BCUT2D eigenvalue weighted by molar-refractivity contribution is -0.125. The first-order valence-corrected chi connectivity index (χ1v) is 10.7. The van der Waals surface area contributed by atoms with E-state index in [-0.39, 0.29) is 28.2 Å². The van der Waals surface area contributed by atoms with E-state index in [1.165, 1.54) is 19.1 Å². The molecular weight excluding hydrogens is 354 g/mol. The molecule has 0 spiro atoms. The van der Waals surface area contributed by atoms with Crippen molar-refractivity contribution in [3.63, 3.8) is 0 Å². The van der Waals surface area contributed by atoms with E-state index in [9.17, 15) is 18.0 Å². The maximum Gasteiger partial charge on any atom is 0.339 e. The molecule has 1 amide bonds. The molecule has 7 heteroatoms. The summed E-state index contributed by atoms with van der Waals surface area (Å²) in [4.78, 5) is 24.3. The Balaban J connectivity index is 1.98. The van der Waals surface area contributed by atoms with Gasteiger partial charge in [-0.05, 0) is 30.4 Å². The number of benzene rings is 1. The first-order valence-electron chi connectivity index (χ1n) is 9.04. The van der Waals surface area contributed by atoms with E-state index in [0.717, 1.165) is 19.3 Å². The van der Waals surface area contributed by atoms with E-state index in [0.29, 0.717) is 11.8 Å². The molecule has 0 heterocycles. The summed E-state index contributed by atoms with van der Waals surface area (Å²) in [6.07, 6.45) is 3.15. The Labute approximate surface area is 155 Å². The van der Waals surface area contributed by atoms with E-state index < -0.39 is 22.4 Å². The van der Waals surface area contributed by atoms with Crippen LogP contribution in [-0.4, -0.2) is 38.7 Å². The van der Waals surface area contributed by atoms with Crippen LogP contribution in [0.4, 0.5) is 0 Å². The minimum absolute atomic E-state index is 0.0400. The van der Waals surface area contributed by atoms with Crippen molar-refractivity contribution in [2.75, 3.05) is 12.4 Å². The number of carbonyl (C=O) groups excluding carboxylic acids is 2. The molecule has 1 aromatic carbocycles. The van der Waals surface area contributed by atoms with Crippen molar-refractivity contribution < 1.29 is 22.7 Å². The fourth-order valence-corrected chi connectivity index (χ4v) is 4.39. The summed E-state index contributed by atoms with van der Waals surface area (Å²) in [5.74, 6) is -0.366. The van der Waals surface area contributed by atoms with Crippen molar-refractivity contribution in [3.05, 3.63) is 29.8 Å². The van der Waals surface area contributed by atoms with E-state index in [4.69, 9.17) is 4.74 Å². The summed E-state index contributed by atoms with van der Waals surface area (Å²) in [6, 6.07) is 5.97. The molecule has 1 aromatic rings. The molecule has 0 bridgehead atoms. The van der Waals surface area contributed by atoms with Crippen LogP contribution < -0.4 is 5.32 Å². The summed E-state index contributed by atoms with van der Waals surface area (Å²) >= 11 is 0. The molecule has 0 aromatic heterocycles. The summed E-state index contributed by atoms with van der Waals surface area (Å²) < 4.78 is 29.3. The Morgan fingerprint density at radius 1 is 1.19 bits per heavy atom. The molecule has 6 nitrogen and oxygen atoms in total. The van der Waals surface area contributed by atoms with Gasteiger partial charge in [0.15, 0.2) is 16.4 Å². The number of hydrogen-bond acceptors (Lipinski definition) is 5. The van der Waals surface area contributed by atoms with Gasteiger partial charge in [-0.25, -0.2) is 13.2 Å². The van der Waals surface area contributed by atoms with Crippen LogP contribution in [0.1, 0.15) is 50.4 Å². The fourth-order valence-electron chi connectivity index (χ4n) is 3.30. The zero-order valence-electron chi connectivity index (χ0n) is 15.5. The maximum absolute atomic E-state index is 12.3. The van der Waals surface area contributed by atoms with Crippen LogP contribution >= 0.6 is 0 Å². The number of amides is 1. The average molecular weight is 381 g/mol. The van der Waals surface area contributed by atoms with Gasteiger partial charge in [-0.2, -0.15) is 0 Å². The predicted octanol–water partition coefficient (Wildman–Crippen LogP) is 2.58. The zero-order valence-corrected chi connectivity index (χ0v) is 16.3. The topological polar surface area (TPSA) is 89.5 Å². The molecule has 3 atom stereocenters. The molecule has 0 unspecified atom stereocenters. The monoisotopic (exact) mass is 381 g/mol. The highest BCUT2D eigenvalue weighted by Crippen LogP contribution is 2.29. The van der Waals surface area contributed by atoms with Gasteiger partial charge < -0.3 is 10.1 Å². The first-order chi connectivity index (χ1) is 12.3. The Hall–Kier alpha value is -1.89. The number of rotatable bonds is 6. The number of nitrogens with one attached hydrogen (secondary N) is 1. The second-order valence-corrected chi connectivity index (χ2v) is 9.16. The minimum Gasteiger partial charge on any atom is -0.452 e. The van der Waals surface area contributed by atoms with Crippen LogP contribution in [0.25, 0.3) is 0 Å². The predicted molar refractivity (Wildman–Crippen MR) is 98.6 cm³/mol. The third-order valence-corrected chi connectivity index (χ3v) is 7.00. The van der Waals surface area contributed by atoms with E-state index in [2.05, 4.69) is 19.2 Å². The van der Waals surface area contributed by atoms with Gasteiger partial charge in [0, 0.05) is 6.04 Å². The SMILES string of the molecule is CCS(=O)(=O)c1ccccc1C(=O)OCC(=O)N[C@@H]1CCC[C@H](C)[C@@H]1C. The summed E-state index contributed by atoms with van der Waals surface area (Å²) in [5, 5.41) is 2.93. The molecule has 1 N–H and O–H groups in total. The normalized spacial score (nSPS) is 23.3. The van der Waals surface area contributed by atoms with Gasteiger partial charge in [-0.1, -0.05) is 45.7 Å². The van der Waals surface area contributed by atoms with Crippen LogP contribution in [0.2, 0.25) is 0 Å². The average Bonchev–Trinajstić information content (AvgIpc) is 2.63. The smallest absolute Gasteiger partial charge is 0.339 e. The molecule has 1 fully saturated rings. The van der Waals surface area contributed by atoms with Gasteiger partial charge >= 0.3 is 5.97 Å². The lowest BCUT2D eigenvalue weighted by Crippen LogP contribution is -2.45. The van der Waals surface area contributed by atoms with Crippen molar-refractivity contribution >= 4 is 21.7 Å². The first kappa shape index (κ1) is 20.4. The lowest BCUT2D eigenvalue weighted by atomic mass is 9.78. The van der Waals surface area contributed by atoms with Gasteiger partial charge in [0.05, 0.1) is 16.2 Å². The van der Waals surface area contributed by atoms with E-state index >= 15 is 0 Å². The van der Waals surface area contributed by atoms with Gasteiger partial charge in [0.2, 0.25) is 0 Å². The number of sulfone groups is 1.